The van der Waals surface area contributed by atoms with Crippen LogP contribution in [0.3, 0.4) is 0 Å². The van der Waals surface area contributed by atoms with Crippen molar-refractivity contribution in [3.8, 4) is 0 Å². The number of rotatable bonds is 3. The van der Waals surface area contributed by atoms with E-state index in [0.717, 1.165) is 17.3 Å². The van der Waals surface area contributed by atoms with Crippen molar-refractivity contribution in [1.82, 2.24) is 5.32 Å². The van der Waals surface area contributed by atoms with Gasteiger partial charge in [-0.05, 0) is 62.4 Å². The number of hydrogen-bond donors (Lipinski definition) is 1. The summed E-state index contributed by atoms with van der Waals surface area (Å²) >= 11 is 0. The van der Waals surface area contributed by atoms with Crippen molar-refractivity contribution >= 4 is 0 Å². The SMILES string of the molecule is CCCC1CNCCC12CCC(CC)C2. The molecule has 1 aliphatic heterocycles. The van der Waals surface area contributed by atoms with Crippen LogP contribution in [0.5, 0.6) is 0 Å². The topological polar surface area (TPSA) is 12.0 Å². The van der Waals surface area contributed by atoms with Gasteiger partial charge in [-0.1, -0.05) is 26.7 Å². The molecule has 0 aromatic rings. The highest BCUT2D eigenvalue weighted by atomic mass is 14.9. The van der Waals surface area contributed by atoms with E-state index in [1.807, 2.05) is 0 Å². The third-order valence-corrected chi connectivity index (χ3v) is 5.02. The van der Waals surface area contributed by atoms with Gasteiger partial charge in [0, 0.05) is 0 Å². The first-order chi connectivity index (χ1) is 7.30. The van der Waals surface area contributed by atoms with E-state index in [4.69, 9.17) is 0 Å². The molecule has 0 aromatic carbocycles. The fourth-order valence-corrected chi connectivity index (χ4v) is 4.01. The Bertz CT molecular complexity index is 200. The summed E-state index contributed by atoms with van der Waals surface area (Å²) in [5.41, 5.74) is 0.752. The lowest BCUT2D eigenvalue weighted by Gasteiger charge is -2.42. The summed E-state index contributed by atoms with van der Waals surface area (Å²) in [7, 11) is 0. The molecule has 0 amide bonds. The molecule has 1 heteroatoms. The molecule has 2 rings (SSSR count). The van der Waals surface area contributed by atoms with Crippen molar-refractivity contribution in [2.45, 2.75) is 58.8 Å². The Morgan fingerprint density at radius 1 is 1.27 bits per heavy atom. The van der Waals surface area contributed by atoms with E-state index < -0.39 is 0 Å². The second-order valence-corrected chi connectivity index (χ2v) is 5.82. The number of nitrogens with one attached hydrogen (secondary N) is 1. The Hall–Kier alpha value is -0.0400. The summed E-state index contributed by atoms with van der Waals surface area (Å²) in [5.74, 6) is 2.02. The zero-order valence-corrected chi connectivity index (χ0v) is 10.5. The van der Waals surface area contributed by atoms with Gasteiger partial charge in [0.2, 0.25) is 0 Å². The van der Waals surface area contributed by atoms with Gasteiger partial charge in [0.15, 0.2) is 0 Å². The summed E-state index contributed by atoms with van der Waals surface area (Å²) in [4.78, 5) is 0. The van der Waals surface area contributed by atoms with E-state index >= 15 is 0 Å². The molecule has 1 heterocycles. The maximum Gasteiger partial charge on any atom is -0.00152 e. The second-order valence-electron chi connectivity index (χ2n) is 5.82. The van der Waals surface area contributed by atoms with Gasteiger partial charge in [-0.25, -0.2) is 0 Å². The molecule has 1 saturated heterocycles. The quantitative estimate of drug-likeness (QED) is 0.749. The molecule has 3 unspecified atom stereocenters. The smallest absolute Gasteiger partial charge is 0.00152 e. The molecule has 0 aromatic heterocycles. The summed E-state index contributed by atoms with van der Waals surface area (Å²) < 4.78 is 0. The van der Waals surface area contributed by atoms with Crippen molar-refractivity contribution in [2.75, 3.05) is 13.1 Å². The Labute approximate surface area is 95.0 Å². The Kier molecular flexibility index (Phi) is 3.71. The first-order valence-electron chi connectivity index (χ1n) is 7.01. The molecule has 88 valence electrons. The molecule has 1 spiro atoms. The molecule has 0 bridgehead atoms. The number of hydrogen-bond acceptors (Lipinski definition) is 1. The highest BCUT2D eigenvalue weighted by Crippen LogP contribution is 2.52. The summed E-state index contributed by atoms with van der Waals surface area (Å²) in [6.45, 7) is 7.29. The van der Waals surface area contributed by atoms with Crippen molar-refractivity contribution in [2.24, 2.45) is 17.3 Å². The molecule has 2 fully saturated rings. The van der Waals surface area contributed by atoms with E-state index in [-0.39, 0.29) is 0 Å². The molecule has 1 saturated carbocycles. The van der Waals surface area contributed by atoms with Crippen LogP contribution in [0.25, 0.3) is 0 Å². The Balaban J connectivity index is 2.03. The number of piperidine rings is 1. The lowest BCUT2D eigenvalue weighted by Crippen LogP contribution is -2.43. The summed E-state index contributed by atoms with van der Waals surface area (Å²) in [5, 5.41) is 3.60. The van der Waals surface area contributed by atoms with Crippen molar-refractivity contribution in [1.29, 1.82) is 0 Å². The van der Waals surface area contributed by atoms with Crippen molar-refractivity contribution in [3.63, 3.8) is 0 Å². The first kappa shape index (κ1) is 11.4. The van der Waals surface area contributed by atoms with Crippen LogP contribution < -0.4 is 5.32 Å². The maximum absolute atomic E-state index is 3.60. The van der Waals surface area contributed by atoms with Crippen LogP contribution >= 0.6 is 0 Å². The molecular formula is C14H27N. The molecular weight excluding hydrogens is 182 g/mol. The molecule has 0 radical (unpaired) electrons. The van der Waals surface area contributed by atoms with Gasteiger partial charge in [0.05, 0.1) is 0 Å². The lowest BCUT2D eigenvalue weighted by atomic mass is 9.67. The van der Waals surface area contributed by atoms with Crippen LogP contribution in [0.2, 0.25) is 0 Å². The molecule has 2 aliphatic rings. The Morgan fingerprint density at radius 3 is 2.80 bits per heavy atom. The van der Waals surface area contributed by atoms with Gasteiger partial charge >= 0.3 is 0 Å². The van der Waals surface area contributed by atoms with Crippen molar-refractivity contribution < 1.29 is 0 Å². The van der Waals surface area contributed by atoms with Gasteiger partial charge in [0.25, 0.3) is 0 Å². The van der Waals surface area contributed by atoms with Crippen LogP contribution in [0, 0.1) is 17.3 Å². The summed E-state index contributed by atoms with van der Waals surface area (Å²) in [6.07, 6.45) is 10.3. The zero-order chi connectivity index (χ0) is 10.7. The van der Waals surface area contributed by atoms with Gasteiger partial charge in [-0.15, -0.1) is 0 Å². The van der Waals surface area contributed by atoms with E-state index in [1.165, 1.54) is 58.0 Å². The maximum atomic E-state index is 3.60. The van der Waals surface area contributed by atoms with E-state index in [1.54, 1.807) is 0 Å². The van der Waals surface area contributed by atoms with Crippen LogP contribution in [0.15, 0.2) is 0 Å². The molecule has 3 atom stereocenters. The molecule has 1 N–H and O–H groups in total. The highest BCUT2D eigenvalue weighted by molar-refractivity contribution is 4.96. The minimum Gasteiger partial charge on any atom is -0.316 e. The average molecular weight is 209 g/mol. The highest BCUT2D eigenvalue weighted by Gasteiger charge is 2.44. The van der Waals surface area contributed by atoms with Crippen LogP contribution in [-0.2, 0) is 0 Å². The minimum absolute atomic E-state index is 0.752. The normalized spacial score (nSPS) is 41.2. The molecule has 15 heavy (non-hydrogen) atoms. The van der Waals surface area contributed by atoms with Gasteiger partial charge in [0.1, 0.15) is 0 Å². The molecule has 1 aliphatic carbocycles. The van der Waals surface area contributed by atoms with E-state index in [0.29, 0.717) is 0 Å². The predicted molar refractivity (Wildman–Crippen MR) is 65.9 cm³/mol. The van der Waals surface area contributed by atoms with Crippen LogP contribution in [-0.4, -0.2) is 13.1 Å². The third kappa shape index (κ3) is 2.22. The van der Waals surface area contributed by atoms with Gasteiger partial charge in [-0.2, -0.15) is 0 Å². The van der Waals surface area contributed by atoms with Crippen LogP contribution in [0.4, 0.5) is 0 Å². The monoisotopic (exact) mass is 209 g/mol. The Morgan fingerprint density at radius 2 is 2.13 bits per heavy atom. The fourth-order valence-electron chi connectivity index (χ4n) is 4.01. The fraction of sp³-hybridized carbons (Fsp3) is 1.00. The standard InChI is InChI=1S/C14H27N/c1-3-5-13-11-15-9-8-14(13)7-6-12(4-2)10-14/h12-13,15H,3-11H2,1-2H3. The first-order valence-corrected chi connectivity index (χ1v) is 7.01. The third-order valence-electron chi connectivity index (χ3n) is 5.02. The lowest BCUT2D eigenvalue weighted by molar-refractivity contribution is 0.101. The predicted octanol–water partition coefficient (Wildman–Crippen LogP) is 3.59. The summed E-state index contributed by atoms with van der Waals surface area (Å²) in [6, 6.07) is 0. The van der Waals surface area contributed by atoms with Crippen LogP contribution in [0.1, 0.15) is 58.8 Å². The second kappa shape index (κ2) is 4.86. The van der Waals surface area contributed by atoms with Gasteiger partial charge < -0.3 is 5.32 Å². The van der Waals surface area contributed by atoms with E-state index in [9.17, 15) is 0 Å². The molecule has 1 nitrogen and oxygen atoms in total. The minimum atomic E-state index is 0.752. The van der Waals surface area contributed by atoms with Crippen molar-refractivity contribution in [3.05, 3.63) is 0 Å². The average Bonchev–Trinajstić information content (AvgIpc) is 2.67. The van der Waals surface area contributed by atoms with E-state index in [2.05, 4.69) is 19.2 Å². The zero-order valence-electron chi connectivity index (χ0n) is 10.5. The van der Waals surface area contributed by atoms with Gasteiger partial charge in [-0.3, -0.25) is 0 Å². The largest absolute Gasteiger partial charge is 0.316 e.